The number of aryl methyl sites for hydroxylation is 2. The fraction of sp³-hybridized carbons (Fsp3) is 0.368. The lowest BCUT2D eigenvalue weighted by Crippen LogP contribution is -2.26. The number of nitrogens with zero attached hydrogens (tertiary/aromatic N) is 1. The predicted molar refractivity (Wildman–Crippen MR) is 96.1 cm³/mol. The van der Waals surface area contributed by atoms with Gasteiger partial charge in [-0.1, -0.05) is 25.1 Å². The van der Waals surface area contributed by atoms with Crippen molar-refractivity contribution in [2.75, 3.05) is 10.6 Å². The first-order valence-corrected chi connectivity index (χ1v) is 7.93. The zero-order valence-electron chi connectivity index (χ0n) is 14.5. The van der Waals surface area contributed by atoms with Crippen molar-refractivity contribution in [3.05, 3.63) is 53.3 Å². The maximum absolute atomic E-state index is 12.6. The van der Waals surface area contributed by atoms with Crippen LogP contribution >= 0.6 is 0 Å². The van der Waals surface area contributed by atoms with E-state index < -0.39 is 0 Å². The van der Waals surface area contributed by atoms with Gasteiger partial charge in [0.25, 0.3) is 5.91 Å². The zero-order valence-corrected chi connectivity index (χ0v) is 14.5. The number of hydrogen-bond acceptors (Lipinski definition) is 3. The van der Waals surface area contributed by atoms with Crippen LogP contribution < -0.4 is 10.6 Å². The molecule has 0 unspecified atom stereocenters. The molecule has 0 aliphatic carbocycles. The van der Waals surface area contributed by atoms with Gasteiger partial charge in [0.1, 0.15) is 0 Å². The van der Waals surface area contributed by atoms with Gasteiger partial charge >= 0.3 is 0 Å². The molecule has 0 radical (unpaired) electrons. The number of hydrogen-bond donors (Lipinski definition) is 2. The van der Waals surface area contributed by atoms with Crippen LogP contribution in [0.3, 0.4) is 0 Å². The van der Waals surface area contributed by atoms with E-state index in [2.05, 4.69) is 43.3 Å². The number of benzene rings is 1. The van der Waals surface area contributed by atoms with E-state index in [1.54, 1.807) is 12.4 Å². The first-order chi connectivity index (χ1) is 10.8. The number of para-hydroxylation sites is 1. The van der Waals surface area contributed by atoms with Crippen molar-refractivity contribution < 1.29 is 4.79 Å². The summed E-state index contributed by atoms with van der Waals surface area (Å²) in [5.74, 6) is -0.140. The van der Waals surface area contributed by atoms with Crippen LogP contribution in [0.25, 0.3) is 0 Å². The van der Waals surface area contributed by atoms with E-state index in [-0.39, 0.29) is 11.4 Å². The van der Waals surface area contributed by atoms with Crippen LogP contribution in [-0.4, -0.2) is 16.4 Å². The van der Waals surface area contributed by atoms with E-state index in [4.69, 9.17) is 0 Å². The standard InChI is InChI=1S/C19H25N3O/c1-6-14-9-7-8-13(2)17(14)21-18(23)15-10-16(12-20-11-15)22-19(3,4)5/h7-12,22H,6H2,1-5H3,(H,21,23). The fourth-order valence-electron chi connectivity index (χ4n) is 2.45. The number of amides is 1. The Morgan fingerprint density at radius 3 is 2.61 bits per heavy atom. The van der Waals surface area contributed by atoms with Crippen LogP contribution in [0.2, 0.25) is 0 Å². The van der Waals surface area contributed by atoms with Crippen molar-refractivity contribution in [2.45, 2.75) is 46.6 Å². The predicted octanol–water partition coefficient (Wildman–Crippen LogP) is 4.42. The Morgan fingerprint density at radius 1 is 1.22 bits per heavy atom. The van der Waals surface area contributed by atoms with Gasteiger partial charge in [0, 0.05) is 23.6 Å². The highest BCUT2D eigenvalue weighted by molar-refractivity contribution is 6.05. The van der Waals surface area contributed by atoms with Crippen molar-refractivity contribution in [3.63, 3.8) is 0 Å². The summed E-state index contributed by atoms with van der Waals surface area (Å²) in [6.07, 6.45) is 4.20. The molecular formula is C19H25N3O. The van der Waals surface area contributed by atoms with Crippen LogP contribution in [0.5, 0.6) is 0 Å². The second-order valence-electron chi connectivity index (χ2n) is 6.75. The van der Waals surface area contributed by atoms with E-state index in [1.165, 1.54) is 0 Å². The largest absolute Gasteiger partial charge is 0.379 e. The van der Waals surface area contributed by atoms with Gasteiger partial charge in [0.15, 0.2) is 0 Å². The van der Waals surface area contributed by atoms with Crippen LogP contribution in [0.1, 0.15) is 49.2 Å². The number of pyridine rings is 1. The molecule has 1 heterocycles. The van der Waals surface area contributed by atoms with Crippen molar-refractivity contribution in [1.82, 2.24) is 4.98 Å². The molecular weight excluding hydrogens is 286 g/mol. The van der Waals surface area contributed by atoms with E-state index in [0.29, 0.717) is 5.56 Å². The highest BCUT2D eigenvalue weighted by atomic mass is 16.1. The minimum atomic E-state index is -0.140. The third-order valence-electron chi connectivity index (χ3n) is 3.50. The number of carbonyl (C=O) groups is 1. The molecule has 4 heteroatoms. The highest BCUT2D eigenvalue weighted by Crippen LogP contribution is 2.22. The van der Waals surface area contributed by atoms with Gasteiger partial charge < -0.3 is 10.6 Å². The van der Waals surface area contributed by atoms with Gasteiger partial charge in [-0.25, -0.2) is 0 Å². The number of rotatable bonds is 4. The zero-order chi connectivity index (χ0) is 17.0. The topological polar surface area (TPSA) is 54.0 Å². The molecule has 1 aromatic carbocycles. The molecule has 23 heavy (non-hydrogen) atoms. The van der Waals surface area contributed by atoms with Crippen molar-refractivity contribution in [3.8, 4) is 0 Å². The minimum absolute atomic E-state index is 0.0812. The van der Waals surface area contributed by atoms with E-state index in [9.17, 15) is 4.79 Å². The van der Waals surface area contributed by atoms with Gasteiger partial charge in [0.05, 0.1) is 11.3 Å². The first-order valence-electron chi connectivity index (χ1n) is 7.93. The Morgan fingerprint density at radius 2 is 1.96 bits per heavy atom. The molecule has 0 spiro atoms. The van der Waals surface area contributed by atoms with Crippen LogP contribution in [-0.2, 0) is 6.42 Å². The Hall–Kier alpha value is -2.36. The summed E-state index contributed by atoms with van der Waals surface area (Å²) >= 11 is 0. The Labute approximate surface area is 138 Å². The molecule has 0 aliphatic rings. The molecule has 0 atom stereocenters. The van der Waals surface area contributed by atoms with Gasteiger partial charge in [0.2, 0.25) is 0 Å². The van der Waals surface area contributed by atoms with E-state index in [0.717, 1.165) is 28.9 Å². The number of nitrogens with one attached hydrogen (secondary N) is 2. The Balaban J connectivity index is 2.24. The highest BCUT2D eigenvalue weighted by Gasteiger charge is 2.14. The first kappa shape index (κ1) is 17.0. The lowest BCUT2D eigenvalue weighted by molar-refractivity contribution is 0.102. The maximum atomic E-state index is 12.6. The molecule has 4 nitrogen and oxygen atoms in total. The molecule has 1 amide bonds. The van der Waals surface area contributed by atoms with Crippen LogP contribution in [0.4, 0.5) is 11.4 Å². The molecule has 122 valence electrons. The summed E-state index contributed by atoms with van der Waals surface area (Å²) in [5, 5.41) is 6.36. The van der Waals surface area contributed by atoms with Gasteiger partial charge in [-0.05, 0) is 51.3 Å². The van der Waals surface area contributed by atoms with E-state index in [1.807, 2.05) is 31.2 Å². The second-order valence-corrected chi connectivity index (χ2v) is 6.75. The Bertz CT molecular complexity index is 702. The number of anilines is 2. The third-order valence-corrected chi connectivity index (χ3v) is 3.50. The normalized spacial score (nSPS) is 11.2. The van der Waals surface area contributed by atoms with Crippen LogP contribution in [0.15, 0.2) is 36.7 Å². The minimum Gasteiger partial charge on any atom is -0.379 e. The summed E-state index contributed by atoms with van der Waals surface area (Å²) in [4.78, 5) is 16.7. The van der Waals surface area contributed by atoms with Crippen molar-refractivity contribution >= 4 is 17.3 Å². The summed E-state index contributed by atoms with van der Waals surface area (Å²) in [5.41, 5.74) is 4.40. The van der Waals surface area contributed by atoms with Gasteiger partial charge in [-0.3, -0.25) is 9.78 Å². The molecule has 1 aromatic heterocycles. The van der Waals surface area contributed by atoms with Gasteiger partial charge in [-0.2, -0.15) is 0 Å². The molecule has 2 rings (SSSR count). The molecule has 0 bridgehead atoms. The summed E-state index contributed by atoms with van der Waals surface area (Å²) in [6, 6.07) is 7.89. The quantitative estimate of drug-likeness (QED) is 0.879. The summed E-state index contributed by atoms with van der Waals surface area (Å²) in [6.45, 7) is 10.3. The monoisotopic (exact) mass is 311 g/mol. The lowest BCUT2D eigenvalue weighted by Gasteiger charge is -2.22. The Kier molecular flexibility index (Phi) is 5.04. The number of aromatic nitrogens is 1. The average molecular weight is 311 g/mol. The third kappa shape index (κ3) is 4.55. The SMILES string of the molecule is CCc1cccc(C)c1NC(=O)c1cncc(NC(C)(C)C)c1. The molecule has 0 saturated carbocycles. The average Bonchev–Trinajstić information content (AvgIpc) is 2.47. The van der Waals surface area contributed by atoms with E-state index >= 15 is 0 Å². The molecule has 0 fully saturated rings. The second kappa shape index (κ2) is 6.82. The molecule has 0 saturated heterocycles. The lowest BCUT2D eigenvalue weighted by atomic mass is 10.1. The van der Waals surface area contributed by atoms with Crippen molar-refractivity contribution in [2.24, 2.45) is 0 Å². The smallest absolute Gasteiger partial charge is 0.257 e. The molecule has 2 aromatic rings. The maximum Gasteiger partial charge on any atom is 0.257 e. The fourth-order valence-corrected chi connectivity index (χ4v) is 2.45. The summed E-state index contributed by atoms with van der Waals surface area (Å²) < 4.78 is 0. The van der Waals surface area contributed by atoms with Crippen LogP contribution in [0, 0.1) is 6.92 Å². The molecule has 2 N–H and O–H groups in total. The van der Waals surface area contributed by atoms with Crippen molar-refractivity contribution in [1.29, 1.82) is 0 Å². The molecule has 0 aliphatic heterocycles. The number of carbonyl (C=O) groups excluding carboxylic acids is 1. The van der Waals surface area contributed by atoms with Gasteiger partial charge in [-0.15, -0.1) is 0 Å². The summed E-state index contributed by atoms with van der Waals surface area (Å²) in [7, 11) is 0.